The number of carbonyl (C=O) groups excluding carboxylic acids is 1. The van der Waals surface area contributed by atoms with Crippen molar-refractivity contribution in [2.24, 2.45) is 0 Å². The normalized spacial score (nSPS) is 12.0. The second kappa shape index (κ2) is 10.8. The average Bonchev–Trinajstić information content (AvgIpc) is 3.44. The van der Waals surface area contributed by atoms with Crippen molar-refractivity contribution < 1.29 is 17.6 Å². The van der Waals surface area contributed by atoms with E-state index in [1.54, 1.807) is 58.9 Å². The molecule has 3 rings (SSSR count). The number of nitrogens with zero attached hydrogens (tertiary/aromatic N) is 2. The highest BCUT2D eigenvalue weighted by molar-refractivity contribution is 7.89. The molecule has 0 spiro atoms. The lowest BCUT2D eigenvalue weighted by Gasteiger charge is -2.19. The highest BCUT2D eigenvalue weighted by Gasteiger charge is 2.21. The molecule has 0 N–H and O–H groups in total. The molecule has 1 amide bonds. The molecule has 170 valence electrons. The van der Waals surface area contributed by atoms with Crippen LogP contribution in [-0.4, -0.2) is 36.6 Å². The molecule has 8 heteroatoms. The van der Waals surface area contributed by atoms with E-state index < -0.39 is 10.0 Å². The van der Waals surface area contributed by atoms with Gasteiger partial charge in [-0.1, -0.05) is 26.0 Å². The quantitative estimate of drug-likeness (QED) is 0.393. The fraction of sp³-hybridized carbons (Fsp3) is 0.292. The molecule has 6 nitrogen and oxygen atoms in total. The first-order valence-corrected chi connectivity index (χ1v) is 12.7. The van der Waals surface area contributed by atoms with Gasteiger partial charge in [0, 0.05) is 28.9 Å². The fourth-order valence-corrected chi connectivity index (χ4v) is 5.66. The highest BCUT2D eigenvalue weighted by atomic mass is 32.2. The Morgan fingerprint density at radius 1 is 1.03 bits per heavy atom. The van der Waals surface area contributed by atoms with Gasteiger partial charge < -0.3 is 9.32 Å². The van der Waals surface area contributed by atoms with Gasteiger partial charge in [-0.05, 0) is 55.0 Å². The molecule has 0 aliphatic carbocycles. The summed E-state index contributed by atoms with van der Waals surface area (Å²) < 4.78 is 32.1. The number of benzene rings is 1. The van der Waals surface area contributed by atoms with E-state index in [1.165, 1.54) is 15.3 Å². The zero-order chi connectivity index (χ0) is 23.1. The van der Waals surface area contributed by atoms with Crippen molar-refractivity contribution in [2.75, 3.05) is 13.1 Å². The molecule has 1 aromatic carbocycles. The van der Waals surface area contributed by atoms with Crippen molar-refractivity contribution in [1.82, 2.24) is 9.21 Å². The summed E-state index contributed by atoms with van der Waals surface area (Å²) in [7, 11) is -3.50. The van der Waals surface area contributed by atoms with Gasteiger partial charge in [0.25, 0.3) is 0 Å². The van der Waals surface area contributed by atoms with Crippen LogP contribution in [0, 0.1) is 6.92 Å². The molecule has 0 atom stereocenters. The van der Waals surface area contributed by atoms with Crippen LogP contribution in [0.25, 0.3) is 6.08 Å². The van der Waals surface area contributed by atoms with Gasteiger partial charge in [0.05, 0.1) is 24.2 Å². The minimum Gasteiger partial charge on any atom is -0.467 e. The van der Waals surface area contributed by atoms with E-state index in [9.17, 15) is 13.2 Å². The monoisotopic (exact) mass is 472 g/mol. The van der Waals surface area contributed by atoms with Crippen LogP contribution < -0.4 is 0 Å². The van der Waals surface area contributed by atoms with Gasteiger partial charge in [-0.15, -0.1) is 11.3 Å². The van der Waals surface area contributed by atoms with Gasteiger partial charge >= 0.3 is 0 Å². The Morgan fingerprint density at radius 2 is 1.75 bits per heavy atom. The zero-order valence-corrected chi connectivity index (χ0v) is 20.2. The van der Waals surface area contributed by atoms with Crippen molar-refractivity contribution in [3.63, 3.8) is 0 Å². The van der Waals surface area contributed by atoms with Crippen molar-refractivity contribution >= 4 is 33.3 Å². The van der Waals surface area contributed by atoms with Gasteiger partial charge in [-0.2, -0.15) is 4.31 Å². The van der Waals surface area contributed by atoms with Gasteiger partial charge in [0.1, 0.15) is 5.76 Å². The van der Waals surface area contributed by atoms with Crippen molar-refractivity contribution in [3.8, 4) is 0 Å². The van der Waals surface area contributed by atoms with E-state index in [4.69, 9.17) is 4.42 Å². The summed E-state index contributed by atoms with van der Waals surface area (Å²) in [5, 5.41) is 0. The standard InChI is InChI=1S/C24H28N2O4S2/c1-4-26(5-2)32(28,29)23-13-9-20(10-14-23)11-15-24(27)25(17-21-7-6-16-30-21)18-22-12-8-19(3)31-22/h6-16H,4-5,17-18H2,1-3H3/b15-11+. The summed E-state index contributed by atoms with van der Waals surface area (Å²) in [4.78, 5) is 17.2. The van der Waals surface area contributed by atoms with E-state index in [-0.39, 0.29) is 10.8 Å². The third-order valence-corrected chi connectivity index (χ3v) is 8.07. The number of carbonyl (C=O) groups is 1. The summed E-state index contributed by atoms with van der Waals surface area (Å²) >= 11 is 1.66. The van der Waals surface area contributed by atoms with Crippen LogP contribution in [0.15, 0.2) is 70.2 Å². The molecule has 0 aliphatic rings. The minimum absolute atomic E-state index is 0.146. The molecule has 0 bridgehead atoms. The highest BCUT2D eigenvalue weighted by Crippen LogP contribution is 2.20. The molecule has 0 saturated heterocycles. The Balaban J connectivity index is 1.74. The van der Waals surface area contributed by atoms with E-state index in [1.807, 2.05) is 39.0 Å². The number of thiophene rings is 1. The zero-order valence-electron chi connectivity index (χ0n) is 18.5. The van der Waals surface area contributed by atoms with Crippen LogP contribution >= 0.6 is 11.3 Å². The largest absolute Gasteiger partial charge is 0.467 e. The molecule has 0 unspecified atom stereocenters. The van der Waals surface area contributed by atoms with Gasteiger partial charge in [0.15, 0.2) is 0 Å². The van der Waals surface area contributed by atoms with Crippen molar-refractivity contribution in [2.45, 2.75) is 38.8 Å². The molecule has 0 aliphatic heterocycles. The Morgan fingerprint density at radius 3 is 2.31 bits per heavy atom. The third kappa shape index (κ3) is 5.97. The molecule has 0 fully saturated rings. The molecule has 0 saturated carbocycles. The summed E-state index contributed by atoms with van der Waals surface area (Å²) in [5.41, 5.74) is 0.752. The topological polar surface area (TPSA) is 70.8 Å². The van der Waals surface area contributed by atoms with Crippen molar-refractivity contribution in [3.05, 3.63) is 81.9 Å². The number of rotatable bonds is 10. The lowest BCUT2D eigenvalue weighted by molar-refractivity contribution is -0.127. The van der Waals surface area contributed by atoms with Crippen LogP contribution in [0.5, 0.6) is 0 Å². The van der Waals surface area contributed by atoms with Crippen LogP contribution in [0.4, 0.5) is 0 Å². The number of sulfonamides is 1. The average molecular weight is 473 g/mol. The van der Waals surface area contributed by atoms with Crippen LogP contribution in [0.3, 0.4) is 0 Å². The smallest absolute Gasteiger partial charge is 0.247 e. The summed E-state index contributed by atoms with van der Waals surface area (Å²) in [6, 6.07) is 14.3. The van der Waals surface area contributed by atoms with Gasteiger partial charge in [-0.3, -0.25) is 4.79 Å². The molecule has 3 aromatic rings. The third-order valence-electron chi connectivity index (χ3n) is 5.02. The lowest BCUT2D eigenvalue weighted by atomic mass is 10.2. The van der Waals surface area contributed by atoms with Crippen LogP contribution in [-0.2, 0) is 27.9 Å². The molecule has 0 radical (unpaired) electrons. The number of aryl methyl sites for hydroxylation is 1. The molecular formula is C24H28N2O4S2. The number of hydrogen-bond acceptors (Lipinski definition) is 5. The molecule has 2 aromatic heterocycles. The Hall–Kier alpha value is -2.68. The van der Waals surface area contributed by atoms with Gasteiger partial charge in [0.2, 0.25) is 15.9 Å². The summed E-state index contributed by atoms with van der Waals surface area (Å²) in [6.45, 7) is 7.37. The maximum absolute atomic E-state index is 12.9. The molecular weight excluding hydrogens is 444 g/mol. The molecule has 2 heterocycles. The Bertz CT molecular complexity index is 1140. The second-order valence-corrected chi connectivity index (χ2v) is 10.6. The van der Waals surface area contributed by atoms with E-state index in [0.29, 0.717) is 31.9 Å². The molecule has 32 heavy (non-hydrogen) atoms. The summed E-state index contributed by atoms with van der Waals surface area (Å²) in [5.74, 6) is 0.568. The maximum Gasteiger partial charge on any atom is 0.247 e. The van der Waals surface area contributed by atoms with Gasteiger partial charge in [-0.25, -0.2) is 8.42 Å². The van der Waals surface area contributed by atoms with E-state index in [0.717, 1.165) is 10.4 Å². The predicted molar refractivity (Wildman–Crippen MR) is 128 cm³/mol. The van der Waals surface area contributed by atoms with E-state index in [2.05, 4.69) is 0 Å². The second-order valence-electron chi connectivity index (χ2n) is 7.28. The first-order chi connectivity index (χ1) is 15.3. The van der Waals surface area contributed by atoms with E-state index >= 15 is 0 Å². The first-order valence-electron chi connectivity index (χ1n) is 10.5. The SMILES string of the molecule is CCN(CC)S(=O)(=O)c1ccc(/C=C/C(=O)N(Cc2ccco2)Cc2ccc(C)s2)cc1. The Kier molecular flexibility index (Phi) is 8.06. The number of hydrogen-bond donors (Lipinski definition) is 0. The summed E-state index contributed by atoms with van der Waals surface area (Å²) in [6.07, 6.45) is 4.80. The first kappa shape index (κ1) is 24.0. The predicted octanol–water partition coefficient (Wildman–Crippen LogP) is 4.92. The number of amides is 1. The van der Waals surface area contributed by atoms with Crippen LogP contribution in [0.2, 0.25) is 0 Å². The van der Waals surface area contributed by atoms with Crippen molar-refractivity contribution in [1.29, 1.82) is 0 Å². The Labute approximate surface area is 193 Å². The fourth-order valence-electron chi connectivity index (χ4n) is 3.30. The van der Waals surface area contributed by atoms with Crippen LogP contribution in [0.1, 0.15) is 34.9 Å². The maximum atomic E-state index is 12.9. The lowest BCUT2D eigenvalue weighted by Crippen LogP contribution is -2.30. The minimum atomic E-state index is -3.50. The number of furan rings is 1.